The van der Waals surface area contributed by atoms with Crippen molar-refractivity contribution >= 4 is 22.9 Å². The highest BCUT2D eigenvalue weighted by Crippen LogP contribution is 2.25. The zero-order chi connectivity index (χ0) is 14.7. The molecule has 0 radical (unpaired) electrons. The molecule has 2 rings (SSSR count). The maximum atomic E-state index is 5.88. The first kappa shape index (κ1) is 15.2. The third kappa shape index (κ3) is 3.46. The molecule has 0 aromatic carbocycles. The molecule has 0 spiro atoms. The Balaban J connectivity index is 2.23. The molecule has 4 nitrogen and oxygen atoms in total. The van der Waals surface area contributed by atoms with Crippen LogP contribution in [0.15, 0.2) is 6.07 Å². The van der Waals surface area contributed by atoms with E-state index in [0.717, 1.165) is 55.2 Å². The van der Waals surface area contributed by atoms with Crippen molar-refractivity contribution in [3.8, 4) is 0 Å². The van der Waals surface area contributed by atoms with Gasteiger partial charge >= 0.3 is 0 Å². The van der Waals surface area contributed by atoms with Crippen LogP contribution in [-0.2, 0) is 4.74 Å². The molecule has 20 heavy (non-hydrogen) atoms. The minimum Gasteiger partial charge on any atom is -0.389 e. The van der Waals surface area contributed by atoms with Gasteiger partial charge in [-0.2, -0.15) is 0 Å². The van der Waals surface area contributed by atoms with Gasteiger partial charge in [-0.05, 0) is 38.7 Å². The summed E-state index contributed by atoms with van der Waals surface area (Å²) in [5, 5.41) is 0. The average Bonchev–Trinajstić information content (AvgIpc) is 2.38. The van der Waals surface area contributed by atoms with Crippen LogP contribution in [0, 0.1) is 19.8 Å². The molecule has 0 unspecified atom stereocenters. The molecule has 1 fully saturated rings. The highest BCUT2D eigenvalue weighted by Gasteiger charge is 2.19. The predicted octanol–water partition coefficient (Wildman–Crippen LogP) is 2.20. The number of hydrogen-bond acceptors (Lipinski definition) is 4. The van der Waals surface area contributed by atoms with Gasteiger partial charge in [0.15, 0.2) is 0 Å². The maximum Gasteiger partial charge on any atom is 0.107 e. The summed E-state index contributed by atoms with van der Waals surface area (Å²) in [6.07, 6.45) is 2.24. The lowest BCUT2D eigenvalue weighted by molar-refractivity contribution is 0.0685. The van der Waals surface area contributed by atoms with E-state index in [-0.39, 0.29) is 0 Å². The van der Waals surface area contributed by atoms with Crippen LogP contribution in [0.4, 0.5) is 5.69 Å². The lowest BCUT2D eigenvalue weighted by Gasteiger charge is -2.30. The number of thiocarbonyl (C=S) groups is 1. The van der Waals surface area contributed by atoms with E-state index in [1.54, 1.807) is 0 Å². The maximum absolute atomic E-state index is 5.88. The van der Waals surface area contributed by atoms with Gasteiger partial charge in [0.05, 0.1) is 11.3 Å². The monoisotopic (exact) mass is 293 g/mol. The average molecular weight is 293 g/mol. The zero-order valence-corrected chi connectivity index (χ0v) is 13.3. The fourth-order valence-corrected chi connectivity index (χ4v) is 3.08. The third-order valence-corrected chi connectivity index (χ3v) is 4.04. The number of aryl methyl sites for hydroxylation is 2. The molecule has 0 amide bonds. The number of pyridine rings is 1. The molecule has 0 saturated carbocycles. The van der Waals surface area contributed by atoms with Gasteiger partial charge in [-0.25, -0.2) is 0 Å². The smallest absolute Gasteiger partial charge is 0.107 e. The van der Waals surface area contributed by atoms with Crippen molar-refractivity contribution in [3.05, 3.63) is 23.0 Å². The summed E-state index contributed by atoms with van der Waals surface area (Å²) in [5.74, 6) is 0.668. The second kappa shape index (κ2) is 6.50. The van der Waals surface area contributed by atoms with Gasteiger partial charge in [-0.1, -0.05) is 12.2 Å². The Morgan fingerprint density at radius 3 is 2.70 bits per heavy atom. The van der Waals surface area contributed by atoms with Crippen LogP contribution in [0.5, 0.6) is 0 Å². The number of hydrogen-bond donors (Lipinski definition) is 1. The van der Waals surface area contributed by atoms with E-state index in [0.29, 0.717) is 10.9 Å². The van der Waals surface area contributed by atoms with Crippen LogP contribution in [0.2, 0.25) is 0 Å². The topological polar surface area (TPSA) is 51.4 Å². The Kier molecular flexibility index (Phi) is 4.94. The predicted molar refractivity (Wildman–Crippen MR) is 86.4 cm³/mol. The SMILES string of the molecule is Cc1cc(N(C)CC2CCOCC2)c(C(N)=S)c(C)n1. The summed E-state index contributed by atoms with van der Waals surface area (Å²) in [6.45, 7) is 6.71. The van der Waals surface area contributed by atoms with E-state index in [2.05, 4.69) is 23.0 Å². The molecule has 2 N–H and O–H groups in total. The normalized spacial score (nSPS) is 16.1. The van der Waals surface area contributed by atoms with Gasteiger partial charge < -0.3 is 15.4 Å². The number of nitrogens with two attached hydrogens (primary N) is 1. The van der Waals surface area contributed by atoms with Crippen LogP contribution in [-0.4, -0.2) is 36.8 Å². The number of nitrogens with zero attached hydrogens (tertiary/aromatic N) is 2. The quantitative estimate of drug-likeness (QED) is 0.863. The molecule has 2 heterocycles. The van der Waals surface area contributed by atoms with Gasteiger partial charge in [0.25, 0.3) is 0 Å². The molecule has 1 aliphatic heterocycles. The van der Waals surface area contributed by atoms with E-state index in [1.807, 2.05) is 13.8 Å². The summed E-state index contributed by atoms with van der Waals surface area (Å²) in [5.41, 5.74) is 9.78. The van der Waals surface area contributed by atoms with Crippen molar-refractivity contribution in [3.63, 3.8) is 0 Å². The van der Waals surface area contributed by atoms with Gasteiger partial charge in [0, 0.05) is 38.2 Å². The van der Waals surface area contributed by atoms with Crippen LogP contribution in [0.3, 0.4) is 0 Å². The molecule has 1 aromatic rings. The van der Waals surface area contributed by atoms with Gasteiger partial charge in [-0.3, -0.25) is 4.98 Å². The number of rotatable bonds is 4. The van der Waals surface area contributed by atoms with E-state index in [9.17, 15) is 0 Å². The van der Waals surface area contributed by atoms with Crippen molar-refractivity contribution in [1.29, 1.82) is 0 Å². The Morgan fingerprint density at radius 2 is 2.10 bits per heavy atom. The molecule has 0 bridgehead atoms. The number of ether oxygens (including phenoxy) is 1. The molecule has 5 heteroatoms. The Bertz CT molecular complexity index is 498. The van der Waals surface area contributed by atoms with Crippen molar-refractivity contribution in [2.24, 2.45) is 11.7 Å². The number of anilines is 1. The lowest BCUT2D eigenvalue weighted by Crippen LogP contribution is -2.31. The Morgan fingerprint density at radius 1 is 1.45 bits per heavy atom. The van der Waals surface area contributed by atoms with Crippen molar-refractivity contribution in [2.45, 2.75) is 26.7 Å². The summed E-state index contributed by atoms with van der Waals surface area (Å²) < 4.78 is 5.42. The molecular formula is C15H23N3OS. The van der Waals surface area contributed by atoms with Gasteiger partial charge in [0.2, 0.25) is 0 Å². The first-order valence-corrected chi connectivity index (χ1v) is 7.46. The summed E-state index contributed by atoms with van der Waals surface area (Å²) in [4.78, 5) is 7.15. The molecule has 1 aliphatic rings. The molecule has 0 atom stereocenters. The fourth-order valence-electron chi connectivity index (χ4n) is 2.83. The van der Waals surface area contributed by atoms with Gasteiger partial charge in [-0.15, -0.1) is 0 Å². The van der Waals surface area contributed by atoms with Crippen molar-refractivity contribution in [1.82, 2.24) is 4.98 Å². The summed E-state index contributed by atoms with van der Waals surface area (Å²) in [6, 6.07) is 2.07. The third-order valence-electron chi connectivity index (χ3n) is 3.84. The van der Waals surface area contributed by atoms with Crippen molar-refractivity contribution in [2.75, 3.05) is 31.7 Å². The molecule has 0 aliphatic carbocycles. The fraction of sp³-hybridized carbons (Fsp3) is 0.600. The van der Waals surface area contributed by atoms with E-state index < -0.39 is 0 Å². The second-order valence-electron chi connectivity index (χ2n) is 5.54. The lowest BCUT2D eigenvalue weighted by atomic mass is 9.99. The molecule has 1 aromatic heterocycles. The molecule has 1 saturated heterocycles. The zero-order valence-electron chi connectivity index (χ0n) is 12.5. The minimum absolute atomic E-state index is 0.420. The first-order valence-electron chi connectivity index (χ1n) is 7.06. The van der Waals surface area contributed by atoms with Crippen LogP contribution >= 0.6 is 12.2 Å². The van der Waals surface area contributed by atoms with Crippen LogP contribution in [0.1, 0.15) is 29.8 Å². The molecule has 110 valence electrons. The van der Waals surface area contributed by atoms with Crippen LogP contribution in [0.25, 0.3) is 0 Å². The summed E-state index contributed by atoms with van der Waals surface area (Å²) >= 11 is 5.20. The van der Waals surface area contributed by atoms with Crippen molar-refractivity contribution < 1.29 is 4.74 Å². The largest absolute Gasteiger partial charge is 0.389 e. The first-order chi connectivity index (χ1) is 9.49. The highest BCUT2D eigenvalue weighted by atomic mass is 32.1. The second-order valence-corrected chi connectivity index (χ2v) is 5.98. The Labute approximate surface area is 126 Å². The highest BCUT2D eigenvalue weighted by molar-refractivity contribution is 7.80. The number of aromatic nitrogens is 1. The minimum atomic E-state index is 0.420. The van der Waals surface area contributed by atoms with E-state index in [4.69, 9.17) is 22.7 Å². The molecular weight excluding hydrogens is 270 g/mol. The van der Waals surface area contributed by atoms with Gasteiger partial charge in [0.1, 0.15) is 4.99 Å². The van der Waals surface area contributed by atoms with E-state index in [1.165, 1.54) is 0 Å². The Hall–Kier alpha value is -1.20. The standard InChI is InChI=1S/C15H23N3OS/c1-10-8-13(14(15(16)20)11(2)17-10)18(3)9-12-4-6-19-7-5-12/h8,12H,4-7,9H2,1-3H3,(H2,16,20). The van der Waals surface area contributed by atoms with E-state index >= 15 is 0 Å². The van der Waals surface area contributed by atoms with Crippen LogP contribution < -0.4 is 10.6 Å². The summed E-state index contributed by atoms with van der Waals surface area (Å²) in [7, 11) is 2.10.